The molecule has 0 fully saturated rings. The first-order valence-corrected chi connectivity index (χ1v) is 12.1. The third kappa shape index (κ3) is 4.78. The highest BCUT2D eigenvalue weighted by molar-refractivity contribution is 7.89. The zero-order valence-electron chi connectivity index (χ0n) is 15.6. The number of anilines is 1. The predicted molar refractivity (Wildman–Crippen MR) is 110 cm³/mol. The Bertz CT molecular complexity index is 1150. The molecule has 1 heterocycles. The summed E-state index contributed by atoms with van der Waals surface area (Å²) in [6.07, 6.45) is 0.498. The topological polar surface area (TPSA) is 113 Å². The van der Waals surface area contributed by atoms with Gasteiger partial charge in [0.05, 0.1) is 9.79 Å². The molecule has 1 aliphatic heterocycles. The van der Waals surface area contributed by atoms with Gasteiger partial charge in [-0.3, -0.25) is 4.79 Å². The Morgan fingerprint density at radius 3 is 2.48 bits per heavy atom. The van der Waals surface area contributed by atoms with Gasteiger partial charge in [-0.2, -0.15) is 0 Å². The lowest BCUT2D eigenvalue weighted by atomic mass is 10.2. The molecule has 0 spiro atoms. The summed E-state index contributed by atoms with van der Waals surface area (Å²) in [7, 11) is -5.99. The van der Waals surface area contributed by atoms with Crippen molar-refractivity contribution in [1.29, 1.82) is 0 Å². The van der Waals surface area contributed by atoms with Crippen molar-refractivity contribution >= 4 is 43.2 Å². The zero-order chi connectivity index (χ0) is 21.2. The lowest BCUT2D eigenvalue weighted by molar-refractivity contribution is -0.118. The Hall–Kier alpha value is -1.98. The number of halogens is 1. The molecule has 1 aliphatic rings. The molecule has 0 saturated heterocycles. The number of hydrogen-bond acceptors (Lipinski definition) is 5. The average molecular weight is 458 g/mol. The van der Waals surface area contributed by atoms with Crippen molar-refractivity contribution in [3.63, 3.8) is 0 Å². The molecule has 8 nitrogen and oxygen atoms in total. The maximum absolute atomic E-state index is 12.6. The fraction of sp³-hybridized carbons (Fsp3) is 0.278. The first kappa shape index (κ1) is 21.7. The molecule has 2 N–H and O–H groups in total. The highest BCUT2D eigenvalue weighted by atomic mass is 35.5. The second-order valence-corrected chi connectivity index (χ2v) is 10.5. The quantitative estimate of drug-likeness (QED) is 0.654. The molecule has 29 heavy (non-hydrogen) atoms. The van der Waals surface area contributed by atoms with Crippen LogP contribution in [0.3, 0.4) is 0 Å². The minimum absolute atomic E-state index is 0.0299. The molecule has 2 aromatic rings. The normalized spacial score (nSPS) is 14.1. The van der Waals surface area contributed by atoms with Crippen molar-refractivity contribution in [2.75, 3.05) is 25.0 Å². The number of benzene rings is 2. The number of nitrogens with one attached hydrogen (secondary N) is 2. The number of hydrogen-bond donors (Lipinski definition) is 2. The van der Waals surface area contributed by atoms with Crippen LogP contribution in [0.2, 0.25) is 5.02 Å². The van der Waals surface area contributed by atoms with E-state index in [1.54, 1.807) is 23.1 Å². The summed E-state index contributed by atoms with van der Waals surface area (Å²) in [5, 5.41) is 0.303. The van der Waals surface area contributed by atoms with Crippen LogP contribution in [0.1, 0.15) is 12.0 Å². The van der Waals surface area contributed by atoms with E-state index in [9.17, 15) is 21.6 Å². The fourth-order valence-electron chi connectivity index (χ4n) is 3.07. The van der Waals surface area contributed by atoms with Crippen LogP contribution in [0.25, 0.3) is 0 Å². The Balaban J connectivity index is 1.65. The number of rotatable bonds is 7. The van der Waals surface area contributed by atoms with Crippen molar-refractivity contribution < 1.29 is 21.6 Å². The van der Waals surface area contributed by atoms with Crippen molar-refractivity contribution in [2.24, 2.45) is 0 Å². The van der Waals surface area contributed by atoms with E-state index in [1.807, 2.05) is 0 Å². The van der Waals surface area contributed by atoms with Gasteiger partial charge < -0.3 is 4.90 Å². The standard InChI is InChI=1S/C18H20ClN3O5S2/c1-20-28(24,25)16-5-6-17-13(11-16)8-10-22(17)18(23)7-9-21-29(26,27)15-4-2-3-14(19)12-15/h2-6,11-12,20-21H,7-10H2,1H3. The van der Waals surface area contributed by atoms with Gasteiger partial charge in [0.2, 0.25) is 26.0 Å². The number of sulfonamides is 2. The van der Waals surface area contributed by atoms with E-state index in [4.69, 9.17) is 11.6 Å². The molecule has 0 saturated carbocycles. The molecule has 0 bridgehead atoms. The molecule has 0 aliphatic carbocycles. The van der Waals surface area contributed by atoms with E-state index < -0.39 is 20.0 Å². The van der Waals surface area contributed by atoms with Gasteiger partial charge >= 0.3 is 0 Å². The molecule has 0 radical (unpaired) electrons. The Morgan fingerprint density at radius 1 is 1.07 bits per heavy atom. The van der Waals surface area contributed by atoms with Crippen molar-refractivity contribution in [3.05, 3.63) is 53.1 Å². The van der Waals surface area contributed by atoms with Crippen LogP contribution >= 0.6 is 11.6 Å². The molecule has 3 rings (SSSR count). The van der Waals surface area contributed by atoms with E-state index in [0.717, 1.165) is 5.56 Å². The van der Waals surface area contributed by atoms with E-state index in [2.05, 4.69) is 9.44 Å². The molecule has 0 atom stereocenters. The van der Waals surface area contributed by atoms with Gasteiger partial charge in [0.15, 0.2) is 0 Å². The summed E-state index contributed by atoms with van der Waals surface area (Å²) in [6, 6.07) is 10.5. The van der Waals surface area contributed by atoms with Crippen LogP contribution in [0.5, 0.6) is 0 Å². The van der Waals surface area contributed by atoms with Crippen LogP contribution in [0.4, 0.5) is 5.69 Å². The maximum Gasteiger partial charge on any atom is 0.240 e. The highest BCUT2D eigenvalue weighted by Gasteiger charge is 2.26. The number of carbonyl (C=O) groups excluding carboxylic acids is 1. The SMILES string of the molecule is CNS(=O)(=O)c1ccc2c(c1)CCN2C(=O)CCNS(=O)(=O)c1cccc(Cl)c1. The molecule has 0 unspecified atom stereocenters. The number of nitrogens with zero attached hydrogens (tertiary/aromatic N) is 1. The summed E-state index contributed by atoms with van der Waals surface area (Å²) >= 11 is 5.82. The number of fused-ring (bicyclic) bond motifs is 1. The van der Waals surface area contributed by atoms with Gasteiger partial charge in [-0.15, -0.1) is 0 Å². The van der Waals surface area contributed by atoms with Crippen molar-refractivity contribution in [1.82, 2.24) is 9.44 Å². The van der Waals surface area contributed by atoms with E-state index in [1.165, 1.54) is 31.3 Å². The molecular formula is C18H20ClN3O5S2. The minimum atomic E-state index is -3.77. The summed E-state index contributed by atoms with van der Waals surface area (Å²) in [5.74, 6) is -0.248. The first-order chi connectivity index (χ1) is 13.6. The smallest absolute Gasteiger partial charge is 0.240 e. The van der Waals surface area contributed by atoms with Crippen LogP contribution in [-0.2, 0) is 31.3 Å². The predicted octanol–water partition coefficient (Wildman–Crippen LogP) is 1.51. The number of carbonyl (C=O) groups is 1. The third-order valence-corrected chi connectivity index (χ3v) is 7.67. The van der Waals surface area contributed by atoms with Crippen LogP contribution in [0, 0.1) is 0 Å². The summed E-state index contributed by atoms with van der Waals surface area (Å²) < 4.78 is 53.1. The lowest BCUT2D eigenvalue weighted by Gasteiger charge is -2.18. The van der Waals surface area contributed by atoms with Crippen molar-refractivity contribution in [2.45, 2.75) is 22.6 Å². The molecule has 2 aromatic carbocycles. The fourth-order valence-corrected chi connectivity index (χ4v) is 5.18. The molecule has 1 amide bonds. The Labute approximate surface area is 175 Å². The highest BCUT2D eigenvalue weighted by Crippen LogP contribution is 2.30. The minimum Gasteiger partial charge on any atom is -0.312 e. The maximum atomic E-state index is 12.6. The van der Waals surface area contributed by atoms with Gasteiger partial charge in [-0.25, -0.2) is 26.3 Å². The summed E-state index contributed by atoms with van der Waals surface area (Å²) in [5.41, 5.74) is 1.40. The monoisotopic (exact) mass is 457 g/mol. The second kappa shape index (κ2) is 8.41. The molecule has 0 aromatic heterocycles. The van der Waals surface area contributed by atoms with Gasteiger partial charge in [0, 0.05) is 30.2 Å². The van der Waals surface area contributed by atoms with Crippen LogP contribution in [0.15, 0.2) is 52.3 Å². The van der Waals surface area contributed by atoms with Gasteiger partial charge in [0.25, 0.3) is 0 Å². The Morgan fingerprint density at radius 2 is 1.79 bits per heavy atom. The van der Waals surface area contributed by atoms with Gasteiger partial charge in [0.1, 0.15) is 0 Å². The lowest BCUT2D eigenvalue weighted by Crippen LogP contribution is -2.33. The second-order valence-electron chi connectivity index (χ2n) is 6.40. The van der Waals surface area contributed by atoms with Gasteiger partial charge in [-0.05, 0) is 55.4 Å². The molecule has 156 valence electrons. The zero-order valence-corrected chi connectivity index (χ0v) is 17.9. The molecular weight excluding hydrogens is 438 g/mol. The molecule has 11 heteroatoms. The Kier molecular flexibility index (Phi) is 6.30. The van der Waals surface area contributed by atoms with Gasteiger partial charge in [-0.1, -0.05) is 17.7 Å². The summed E-state index contributed by atoms with van der Waals surface area (Å²) in [6.45, 7) is 0.351. The van der Waals surface area contributed by atoms with Crippen LogP contribution in [-0.4, -0.2) is 42.9 Å². The first-order valence-electron chi connectivity index (χ1n) is 8.76. The third-order valence-electron chi connectivity index (χ3n) is 4.56. The van der Waals surface area contributed by atoms with E-state index in [0.29, 0.717) is 23.7 Å². The van der Waals surface area contributed by atoms with Crippen LogP contribution < -0.4 is 14.3 Å². The average Bonchev–Trinajstić information content (AvgIpc) is 3.11. The number of amides is 1. The van der Waals surface area contributed by atoms with E-state index in [-0.39, 0.29) is 28.7 Å². The van der Waals surface area contributed by atoms with Crippen molar-refractivity contribution in [3.8, 4) is 0 Å². The van der Waals surface area contributed by atoms with E-state index >= 15 is 0 Å². The summed E-state index contributed by atoms with van der Waals surface area (Å²) in [4.78, 5) is 14.3. The largest absolute Gasteiger partial charge is 0.312 e.